The SMILES string of the molecule is Cc1cn2c(=O)cc(CSc3nnc(-c4cccc(F)c4)n3C)nc2s1. The summed E-state index contributed by atoms with van der Waals surface area (Å²) in [4.78, 5) is 18.4. The highest BCUT2D eigenvalue weighted by Crippen LogP contribution is 2.25. The molecule has 0 aliphatic heterocycles. The second kappa shape index (κ2) is 6.65. The van der Waals surface area contributed by atoms with Gasteiger partial charge in [0.15, 0.2) is 15.9 Å². The monoisotopic (exact) mass is 387 g/mol. The number of aryl methyl sites for hydroxylation is 1. The zero-order valence-electron chi connectivity index (χ0n) is 14.0. The third-order valence-corrected chi connectivity index (χ3v) is 5.75. The van der Waals surface area contributed by atoms with Crippen LogP contribution in [0.4, 0.5) is 4.39 Å². The molecule has 4 rings (SSSR count). The quantitative estimate of drug-likeness (QED) is 0.503. The number of hydrogen-bond donors (Lipinski definition) is 0. The number of nitrogens with zero attached hydrogens (tertiary/aromatic N) is 5. The predicted octanol–water partition coefficient (Wildman–Crippen LogP) is 3.29. The van der Waals surface area contributed by atoms with Gasteiger partial charge in [0.25, 0.3) is 5.56 Å². The van der Waals surface area contributed by atoms with Crippen molar-refractivity contribution in [2.45, 2.75) is 17.8 Å². The Kier molecular flexibility index (Phi) is 4.33. The lowest BCUT2D eigenvalue weighted by Crippen LogP contribution is -2.12. The van der Waals surface area contributed by atoms with Crippen LogP contribution >= 0.6 is 23.1 Å². The second-order valence-corrected chi connectivity index (χ2v) is 7.90. The van der Waals surface area contributed by atoms with E-state index in [0.717, 1.165) is 4.88 Å². The smallest absolute Gasteiger partial charge is 0.258 e. The molecule has 9 heteroatoms. The summed E-state index contributed by atoms with van der Waals surface area (Å²) in [6.07, 6.45) is 1.79. The van der Waals surface area contributed by atoms with E-state index < -0.39 is 0 Å². The van der Waals surface area contributed by atoms with Crippen LogP contribution in [0.25, 0.3) is 16.3 Å². The summed E-state index contributed by atoms with van der Waals surface area (Å²) in [5.74, 6) is 0.769. The van der Waals surface area contributed by atoms with Crippen LogP contribution in [0.15, 0.2) is 46.5 Å². The summed E-state index contributed by atoms with van der Waals surface area (Å²) in [5.41, 5.74) is 1.27. The van der Waals surface area contributed by atoms with Crippen LogP contribution in [0.3, 0.4) is 0 Å². The minimum atomic E-state index is -0.316. The van der Waals surface area contributed by atoms with E-state index in [4.69, 9.17) is 0 Å². The number of halogens is 1. The van der Waals surface area contributed by atoms with Crippen molar-refractivity contribution in [3.63, 3.8) is 0 Å². The Morgan fingerprint density at radius 1 is 1.27 bits per heavy atom. The summed E-state index contributed by atoms with van der Waals surface area (Å²) in [7, 11) is 1.83. The van der Waals surface area contributed by atoms with Crippen LogP contribution < -0.4 is 5.56 Å². The lowest BCUT2D eigenvalue weighted by atomic mass is 10.2. The van der Waals surface area contributed by atoms with Crippen molar-refractivity contribution < 1.29 is 4.39 Å². The van der Waals surface area contributed by atoms with Crippen molar-refractivity contribution in [1.29, 1.82) is 0 Å². The fraction of sp³-hybridized carbons (Fsp3) is 0.176. The number of thiazole rings is 1. The molecular formula is C17H14FN5OS2. The molecule has 0 amide bonds. The molecule has 0 N–H and O–H groups in total. The van der Waals surface area contributed by atoms with Gasteiger partial charge in [-0.3, -0.25) is 9.20 Å². The summed E-state index contributed by atoms with van der Waals surface area (Å²) in [5, 5.41) is 9.00. The summed E-state index contributed by atoms with van der Waals surface area (Å²) in [6, 6.07) is 7.78. The molecule has 0 bridgehead atoms. The maximum absolute atomic E-state index is 13.4. The molecule has 0 unspecified atom stereocenters. The number of thioether (sulfide) groups is 1. The summed E-state index contributed by atoms with van der Waals surface area (Å²) >= 11 is 2.92. The van der Waals surface area contributed by atoms with E-state index in [9.17, 15) is 9.18 Å². The fourth-order valence-electron chi connectivity index (χ4n) is 2.59. The Hall–Kier alpha value is -2.52. The highest BCUT2D eigenvalue weighted by Gasteiger charge is 2.13. The number of hydrogen-bond acceptors (Lipinski definition) is 6. The molecule has 3 aromatic heterocycles. The largest absolute Gasteiger partial charge is 0.305 e. The maximum Gasteiger partial charge on any atom is 0.258 e. The Balaban J connectivity index is 1.58. The summed E-state index contributed by atoms with van der Waals surface area (Å²) in [6.45, 7) is 1.95. The topological polar surface area (TPSA) is 65.1 Å². The van der Waals surface area contributed by atoms with Crippen molar-refractivity contribution in [3.05, 3.63) is 63.3 Å². The zero-order chi connectivity index (χ0) is 18.3. The van der Waals surface area contributed by atoms with Gasteiger partial charge in [-0.2, -0.15) is 0 Å². The lowest BCUT2D eigenvalue weighted by molar-refractivity contribution is 0.628. The molecule has 0 atom stereocenters. The molecule has 0 radical (unpaired) electrons. The van der Waals surface area contributed by atoms with Gasteiger partial charge in [0, 0.05) is 35.5 Å². The minimum Gasteiger partial charge on any atom is -0.305 e. The minimum absolute atomic E-state index is 0.0895. The van der Waals surface area contributed by atoms with Gasteiger partial charge >= 0.3 is 0 Å². The maximum atomic E-state index is 13.4. The van der Waals surface area contributed by atoms with Crippen molar-refractivity contribution in [2.24, 2.45) is 7.05 Å². The molecule has 132 valence electrons. The molecule has 0 saturated carbocycles. The van der Waals surface area contributed by atoms with E-state index in [1.165, 1.54) is 41.3 Å². The normalized spacial score (nSPS) is 11.3. The van der Waals surface area contributed by atoms with Gasteiger partial charge in [-0.1, -0.05) is 23.9 Å². The third-order valence-electron chi connectivity index (χ3n) is 3.80. The van der Waals surface area contributed by atoms with Crippen LogP contribution in [0.5, 0.6) is 0 Å². The van der Waals surface area contributed by atoms with Crippen LogP contribution in [0, 0.1) is 12.7 Å². The molecule has 3 heterocycles. The average Bonchev–Trinajstić information content (AvgIpc) is 3.15. The fourth-order valence-corrected chi connectivity index (χ4v) is 4.24. The molecule has 6 nitrogen and oxygen atoms in total. The molecule has 0 fully saturated rings. The van der Waals surface area contributed by atoms with Gasteiger partial charge in [-0.05, 0) is 19.1 Å². The van der Waals surface area contributed by atoms with E-state index in [2.05, 4.69) is 15.2 Å². The number of fused-ring (bicyclic) bond motifs is 1. The van der Waals surface area contributed by atoms with Crippen molar-refractivity contribution in [1.82, 2.24) is 24.1 Å². The van der Waals surface area contributed by atoms with Gasteiger partial charge in [0.1, 0.15) is 5.82 Å². The molecule has 1 aromatic carbocycles. The molecule has 4 aromatic rings. The first kappa shape index (κ1) is 16.9. The second-order valence-electron chi connectivity index (χ2n) is 5.74. The lowest BCUT2D eigenvalue weighted by Gasteiger charge is -2.04. The van der Waals surface area contributed by atoms with E-state index in [-0.39, 0.29) is 11.4 Å². The van der Waals surface area contributed by atoms with Crippen molar-refractivity contribution >= 4 is 28.1 Å². The van der Waals surface area contributed by atoms with Crippen molar-refractivity contribution in [2.75, 3.05) is 0 Å². The molecule has 0 saturated heterocycles. The van der Waals surface area contributed by atoms with E-state index in [1.807, 2.05) is 14.0 Å². The first-order valence-electron chi connectivity index (χ1n) is 7.78. The zero-order valence-corrected chi connectivity index (χ0v) is 15.6. The number of benzene rings is 1. The first-order chi connectivity index (χ1) is 12.5. The standard InChI is InChI=1S/C17H14FN5OS2/c1-10-8-23-14(24)7-13(19-16(23)26-10)9-25-17-21-20-15(22(17)2)11-4-3-5-12(18)6-11/h3-8H,9H2,1-2H3. The average molecular weight is 387 g/mol. The molecule has 26 heavy (non-hydrogen) atoms. The Morgan fingerprint density at radius 3 is 2.92 bits per heavy atom. The number of aromatic nitrogens is 5. The van der Waals surface area contributed by atoms with Crippen molar-refractivity contribution in [3.8, 4) is 11.4 Å². The molecular weight excluding hydrogens is 373 g/mol. The summed E-state index contributed by atoms with van der Waals surface area (Å²) < 4.78 is 16.8. The predicted molar refractivity (Wildman–Crippen MR) is 100 cm³/mol. The van der Waals surface area contributed by atoms with Gasteiger partial charge in [0.05, 0.1) is 5.69 Å². The van der Waals surface area contributed by atoms with Crippen LogP contribution in [0.2, 0.25) is 0 Å². The molecule has 0 aliphatic rings. The van der Waals surface area contributed by atoms with E-state index in [0.29, 0.717) is 33.0 Å². The Labute approximate surface area is 156 Å². The van der Waals surface area contributed by atoms with E-state index in [1.54, 1.807) is 27.3 Å². The number of rotatable bonds is 4. The molecule has 0 aliphatic carbocycles. The van der Waals surface area contributed by atoms with Gasteiger partial charge < -0.3 is 4.57 Å². The van der Waals surface area contributed by atoms with Gasteiger partial charge in [0.2, 0.25) is 0 Å². The van der Waals surface area contributed by atoms with Crippen LogP contribution in [-0.4, -0.2) is 24.1 Å². The van der Waals surface area contributed by atoms with Crippen LogP contribution in [-0.2, 0) is 12.8 Å². The van der Waals surface area contributed by atoms with E-state index >= 15 is 0 Å². The first-order valence-corrected chi connectivity index (χ1v) is 9.58. The van der Waals surface area contributed by atoms with Gasteiger partial charge in [-0.25, -0.2) is 9.37 Å². The highest BCUT2D eigenvalue weighted by atomic mass is 32.2. The third kappa shape index (κ3) is 3.15. The van der Waals surface area contributed by atoms with Crippen LogP contribution in [0.1, 0.15) is 10.6 Å². The Morgan fingerprint density at radius 2 is 2.12 bits per heavy atom. The molecule has 0 spiro atoms. The van der Waals surface area contributed by atoms with Gasteiger partial charge in [-0.15, -0.1) is 21.5 Å². The highest BCUT2D eigenvalue weighted by molar-refractivity contribution is 7.98. The Bertz CT molecular complexity index is 1160.